The van der Waals surface area contributed by atoms with Crippen molar-refractivity contribution in [2.45, 2.75) is 70.8 Å². The van der Waals surface area contributed by atoms with Crippen LogP contribution in [0.15, 0.2) is 24.3 Å². The number of anilines is 1. The van der Waals surface area contributed by atoms with Gasteiger partial charge in [0.15, 0.2) is 0 Å². The Morgan fingerprint density at radius 1 is 0.971 bits per heavy atom. The molecule has 1 saturated carbocycles. The van der Waals surface area contributed by atoms with E-state index in [1.54, 1.807) is 0 Å². The summed E-state index contributed by atoms with van der Waals surface area (Å²) in [6, 6.07) is 8.92. The SMILES string of the molecule is Cc1ccc2c(c1)N(CCN1CCCCC1)CCn1c-2c(C2CCCCC2)c2sc(C(=O)O)cc21. The smallest absolute Gasteiger partial charge is 0.345 e. The van der Waals surface area contributed by atoms with Gasteiger partial charge in [0, 0.05) is 37.4 Å². The van der Waals surface area contributed by atoms with Gasteiger partial charge >= 0.3 is 5.97 Å². The highest BCUT2D eigenvalue weighted by Gasteiger charge is 2.32. The Labute approximate surface area is 212 Å². The van der Waals surface area contributed by atoms with Crippen LogP contribution in [-0.4, -0.2) is 53.3 Å². The van der Waals surface area contributed by atoms with E-state index in [4.69, 9.17) is 0 Å². The number of carboxylic acid groups (broad SMARTS) is 1. The fourth-order valence-electron chi connectivity index (χ4n) is 6.67. The van der Waals surface area contributed by atoms with Gasteiger partial charge in [-0.2, -0.15) is 0 Å². The van der Waals surface area contributed by atoms with Gasteiger partial charge in [0.1, 0.15) is 4.88 Å². The molecule has 6 heteroatoms. The second kappa shape index (κ2) is 9.62. The maximum absolute atomic E-state index is 11.9. The van der Waals surface area contributed by atoms with E-state index in [1.165, 1.54) is 109 Å². The minimum atomic E-state index is -0.803. The number of hydrogen-bond donors (Lipinski definition) is 1. The molecule has 6 rings (SSSR count). The first kappa shape index (κ1) is 23.1. The van der Waals surface area contributed by atoms with Crippen LogP contribution in [0.3, 0.4) is 0 Å². The predicted octanol–water partition coefficient (Wildman–Crippen LogP) is 6.73. The number of piperidine rings is 1. The number of nitrogens with zero attached hydrogens (tertiary/aromatic N) is 3. The molecule has 4 heterocycles. The molecular formula is C29H37N3O2S. The Hall–Kier alpha value is -2.31. The first-order valence-corrected chi connectivity index (χ1v) is 14.4. The van der Waals surface area contributed by atoms with Crippen LogP contribution in [0.4, 0.5) is 5.69 Å². The normalized spacial score (nSPS) is 19.5. The van der Waals surface area contributed by atoms with Crippen molar-refractivity contribution in [3.63, 3.8) is 0 Å². The summed E-state index contributed by atoms with van der Waals surface area (Å²) in [5, 5.41) is 9.78. The second-order valence-electron chi connectivity index (χ2n) is 10.8. The van der Waals surface area contributed by atoms with E-state index in [2.05, 4.69) is 39.5 Å². The first-order chi connectivity index (χ1) is 17.1. The van der Waals surface area contributed by atoms with Crippen molar-refractivity contribution in [1.29, 1.82) is 0 Å². The predicted molar refractivity (Wildman–Crippen MR) is 145 cm³/mol. The van der Waals surface area contributed by atoms with Crippen molar-refractivity contribution in [1.82, 2.24) is 9.47 Å². The van der Waals surface area contributed by atoms with E-state index in [0.717, 1.165) is 31.7 Å². The van der Waals surface area contributed by atoms with Gasteiger partial charge in [0.2, 0.25) is 0 Å². The first-order valence-electron chi connectivity index (χ1n) is 13.6. The highest BCUT2D eigenvalue weighted by molar-refractivity contribution is 7.21. The maximum atomic E-state index is 11.9. The van der Waals surface area contributed by atoms with Crippen LogP contribution < -0.4 is 4.90 Å². The molecule has 2 aliphatic heterocycles. The lowest BCUT2D eigenvalue weighted by Gasteiger charge is -2.31. The molecule has 0 spiro atoms. The fraction of sp³-hybridized carbons (Fsp3) is 0.552. The van der Waals surface area contributed by atoms with Crippen LogP contribution in [0.1, 0.15) is 78.1 Å². The molecule has 1 N–H and O–H groups in total. The Balaban J connectivity index is 1.46. The molecule has 0 amide bonds. The minimum Gasteiger partial charge on any atom is -0.477 e. The van der Waals surface area contributed by atoms with Crippen LogP contribution in [0.5, 0.6) is 0 Å². The highest BCUT2D eigenvalue weighted by Crippen LogP contribution is 2.49. The number of benzene rings is 1. The van der Waals surface area contributed by atoms with Crippen LogP contribution in [0.2, 0.25) is 0 Å². The van der Waals surface area contributed by atoms with E-state index in [1.807, 2.05) is 6.07 Å². The number of aromatic carboxylic acids is 1. The molecule has 3 aromatic rings. The molecule has 2 fully saturated rings. The molecule has 3 aliphatic rings. The molecule has 5 nitrogen and oxygen atoms in total. The minimum absolute atomic E-state index is 0.470. The van der Waals surface area contributed by atoms with Crippen LogP contribution in [-0.2, 0) is 6.54 Å². The number of likely N-dealkylation sites (tertiary alicyclic amines) is 1. The average Bonchev–Trinajstić information content (AvgIpc) is 3.39. The third kappa shape index (κ3) is 4.29. The summed E-state index contributed by atoms with van der Waals surface area (Å²) in [7, 11) is 0. The zero-order chi connectivity index (χ0) is 23.9. The van der Waals surface area contributed by atoms with Gasteiger partial charge in [-0.15, -0.1) is 11.3 Å². The number of rotatable bonds is 5. The largest absolute Gasteiger partial charge is 0.477 e. The Morgan fingerprint density at radius 2 is 1.74 bits per heavy atom. The van der Waals surface area contributed by atoms with Gasteiger partial charge in [-0.3, -0.25) is 0 Å². The van der Waals surface area contributed by atoms with Crippen LogP contribution in [0.25, 0.3) is 21.5 Å². The van der Waals surface area contributed by atoms with Crippen molar-refractivity contribution < 1.29 is 9.90 Å². The number of hydrogen-bond acceptors (Lipinski definition) is 4. The van der Waals surface area contributed by atoms with E-state index in [0.29, 0.717) is 10.8 Å². The van der Waals surface area contributed by atoms with E-state index in [-0.39, 0.29) is 0 Å². The lowest BCUT2D eigenvalue weighted by atomic mass is 9.83. The third-order valence-electron chi connectivity index (χ3n) is 8.47. The standard InChI is InChI=1S/C29H37N3O2S/c1-20-10-11-22-23(18-20)31(15-14-30-12-6-3-7-13-30)16-17-32-24-19-25(29(33)34)35-28(24)26(27(22)32)21-8-4-2-5-9-21/h10-11,18-19,21H,2-9,12-17H2,1H3,(H,33,34). The Morgan fingerprint density at radius 3 is 2.51 bits per heavy atom. The summed E-state index contributed by atoms with van der Waals surface area (Å²) in [5.41, 5.74) is 7.94. The van der Waals surface area contributed by atoms with Gasteiger partial charge in [-0.25, -0.2) is 4.79 Å². The maximum Gasteiger partial charge on any atom is 0.345 e. The zero-order valence-corrected chi connectivity index (χ0v) is 21.7. The van der Waals surface area contributed by atoms with Gasteiger partial charge in [0.05, 0.1) is 15.9 Å². The monoisotopic (exact) mass is 491 g/mol. The average molecular weight is 492 g/mol. The number of carbonyl (C=O) groups is 1. The second-order valence-corrected chi connectivity index (χ2v) is 11.8. The van der Waals surface area contributed by atoms with E-state index in [9.17, 15) is 9.90 Å². The molecule has 0 unspecified atom stereocenters. The molecule has 1 saturated heterocycles. The molecule has 1 aliphatic carbocycles. The number of aromatic nitrogens is 1. The molecular weight excluding hydrogens is 454 g/mol. The molecule has 2 aromatic heterocycles. The zero-order valence-electron chi connectivity index (χ0n) is 20.9. The van der Waals surface area contributed by atoms with Crippen molar-refractivity contribution in [3.8, 4) is 11.3 Å². The molecule has 1 aromatic carbocycles. The van der Waals surface area contributed by atoms with Gasteiger partial charge in [0.25, 0.3) is 0 Å². The van der Waals surface area contributed by atoms with Crippen molar-refractivity contribution >= 4 is 33.2 Å². The summed E-state index contributed by atoms with van der Waals surface area (Å²) < 4.78 is 3.69. The van der Waals surface area contributed by atoms with Gasteiger partial charge in [-0.1, -0.05) is 37.8 Å². The van der Waals surface area contributed by atoms with Crippen molar-refractivity contribution in [2.75, 3.05) is 37.6 Å². The molecule has 186 valence electrons. The Kier molecular flexibility index (Phi) is 6.35. The fourth-order valence-corrected chi connectivity index (χ4v) is 7.79. The molecule has 0 bridgehead atoms. The van der Waals surface area contributed by atoms with Crippen LogP contribution >= 0.6 is 11.3 Å². The third-order valence-corrected chi connectivity index (χ3v) is 9.62. The van der Waals surface area contributed by atoms with Crippen LogP contribution in [0, 0.1) is 6.92 Å². The lowest BCUT2D eigenvalue weighted by Crippen LogP contribution is -2.38. The molecule has 35 heavy (non-hydrogen) atoms. The summed E-state index contributed by atoms with van der Waals surface area (Å²) in [6.07, 6.45) is 10.3. The Bertz CT molecular complexity index is 1230. The number of aryl methyl sites for hydroxylation is 1. The lowest BCUT2D eigenvalue weighted by molar-refractivity contribution is 0.0702. The quantitative estimate of drug-likeness (QED) is 0.430. The van der Waals surface area contributed by atoms with Gasteiger partial charge in [-0.05, 0) is 74.9 Å². The van der Waals surface area contributed by atoms with Crippen molar-refractivity contribution in [2.24, 2.45) is 0 Å². The number of carboxylic acids is 1. The molecule has 0 radical (unpaired) electrons. The highest BCUT2D eigenvalue weighted by atomic mass is 32.1. The number of fused-ring (bicyclic) bond motifs is 5. The summed E-state index contributed by atoms with van der Waals surface area (Å²) in [5.74, 6) is -0.278. The summed E-state index contributed by atoms with van der Waals surface area (Å²) >= 11 is 1.49. The van der Waals surface area contributed by atoms with E-state index >= 15 is 0 Å². The summed E-state index contributed by atoms with van der Waals surface area (Å²) in [6.45, 7) is 8.70. The van der Waals surface area contributed by atoms with E-state index < -0.39 is 5.97 Å². The number of thiophene rings is 1. The summed E-state index contributed by atoms with van der Waals surface area (Å²) in [4.78, 5) is 17.6. The van der Waals surface area contributed by atoms with Crippen molar-refractivity contribution in [3.05, 3.63) is 40.3 Å². The topological polar surface area (TPSA) is 48.7 Å². The van der Waals surface area contributed by atoms with Gasteiger partial charge < -0.3 is 19.5 Å². The molecule has 0 atom stereocenters.